The predicted octanol–water partition coefficient (Wildman–Crippen LogP) is 6.38. The van der Waals surface area contributed by atoms with Crippen molar-refractivity contribution in [1.82, 2.24) is 0 Å². The first-order valence-corrected chi connectivity index (χ1v) is 12.1. The number of thioether (sulfide) groups is 1. The van der Waals surface area contributed by atoms with E-state index in [-0.39, 0.29) is 0 Å². The average Bonchev–Trinajstić information content (AvgIpc) is 3.13. The second-order valence-corrected chi connectivity index (χ2v) is 9.36. The van der Waals surface area contributed by atoms with Crippen LogP contribution in [-0.2, 0) is 23.8 Å². The maximum absolute atomic E-state index is 11.9. The fourth-order valence-corrected chi connectivity index (χ4v) is 4.86. The van der Waals surface area contributed by atoms with Crippen molar-refractivity contribution in [2.75, 3.05) is 12.5 Å². The molecule has 3 nitrogen and oxygen atoms in total. The first-order valence-electron chi connectivity index (χ1n) is 8.52. The van der Waals surface area contributed by atoms with E-state index in [1.807, 2.05) is 30.5 Å². The molecular formula is C21H21BrO3S2. The lowest BCUT2D eigenvalue weighted by atomic mass is 10.1. The Morgan fingerprint density at radius 2 is 2.07 bits per heavy atom. The Balaban J connectivity index is 1.91. The molecule has 0 fully saturated rings. The fourth-order valence-electron chi connectivity index (χ4n) is 2.77. The molecule has 1 aromatic heterocycles. The first-order chi connectivity index (χ1) is 13.0. The largest absolute Gasteiger partial charge is 0.488 e. The van der Waals surface area contributed by atoms with Crippen LogP contribution in [0.15, 0.2) is 55.8 Å². The Morgan fingerprint density at radius 3 is 2.78 bits per heavy atom. The summed E-state index contributed by atoms with van der Waals surface area (Å²) in [5, 5.41) is 1.04. The minimum Gasteiger partial charge on any atom is -0.488 e. The van der Waals surface area contributed by atoms with Gasteiger partial charge in [0.05, 0.1) is 25.8 Å². The normalized spacial score (nSPS) is 13.1. The third kappa shape index (κ3) is 4.86. The summed E-state index contributed by atoms with van der Waals surface area (Å²) < 4.78 is 25.3. The minimum atomic E-state index is -1.02. The molecule has 1 unspecified atom stereocenters. The van der Waals surface area contributed by atoms with Gasteiger partial charge in [-0.05, 0) is 70.1 Å². The highest BCUT2D eigenvalue weighted by Gasteiger charge is 2.09. The number of halogens is 1. The number of fused-ring (bicyclic) bond motifs is 1. The molecule has 0 spiro atoms. The lowest BCUT2D eigenvalue weighted by molar-refractivity contribution is 0.305. The highest BCUT2D eigenvalue weighted by Crippen LogP contribution is 2.30. The van der Waals surface area contributed by atoms with Crippen LogP contribution < -0.4 is 4.74 Å². The Labute approximate surface area is 174 Å². The summed E-state index contributed by atoms with van der Waals surface area (Å²) in [4.78, 5) is 0. The van der Waals surface area contributed by atoms with Gasteiger partial charge in [0.25, 0.3) is 0 Å². The molecule has 0 bridgehead atoms. The highest BCUT2D eigenvalue weighted by molar-refractivity contribution is 9.10. The minimum absolute atomic E-state index is 0.442. The molecule has 0 N–H and O–H groups in total. The zero-order valence-electron chi connectivity index (χ0n) is 15.5. The van der Waals surface area contributed by atoms with E-state index in [9.17, 15) is 4.21 Å². The summed E-state index contributed by atoms with van der Waals surface area (Å²) >= 11 is 5.05. The molecule has 3 aromatic rings. The molecule has 1 heterocycles. The number of rotatable bonds is 7. The molecule has 142 valence electrons. The molecule has 1 atom stereocenters. The van der Waals surface area contributed by atoms with Crippen LogP contribution in [-0.4, -0.2) is 16.7 Å². The number of furan rings is 1. The van der Waals surface area contributed by atoms with Crippen molar-refractivity contribution in [3.05, 3.63) is 68.1 Å². The van der Waals surface area contributed by atoms with E-state index in [2.05, 4.69) is 41.1 Å². The van der Waals surface area contributed by atoms with E-state index in [0.717, 1.165) is 43.0 Å². The summed E-state index contributed by atoms with van der Waals surface area (Å²) in [5.74, 6) is 0.801. The Hall–Kier alpha value is -1.50. The summed E-state index contributed by atoms with van der Waals surface area (Å²) in [6.07, 6.45) is 8.20. The van der Waals surface area contributed by atoms with Crippen molar-refractivity contribution in [3.63, 3.8) is 0 Å². The molecule has 0 aliphatic carbocycles. The van der Waals surface area contributed by atoms with Crippen molar-refractivity contribution in [3.8, 4) is 5.75 Å². The van der Waals surface area contributed by atoms with Crippen LogP contribution in [0.1, 0.15) is 23.6 Å². The molecule has 27 heavy (non-hydrogen) atoms. The number of ether oxygens (including phenoxy) is 1. The van der Waals surface area contributed by atoms with Crippen LogP contribution in [0.2, 0.25) is 0 Å². The molecule has 0 amide bonds. The smallest absolute Gasteiger partial charge is 0.148 e. The van der Waals surface area contributed by atoms with Crippen molar-refractivity contribution >= 4 is 55.5 Å². The summed E-state index contributed by atoms with van der Waals surface area (Å²) in [7, 11) is -1.02. The van der Waals surface area contributed by atoms with Crippen molar-refractivity contribution in [2.24, 2.45) is 0 Å². The molecule has 0 saturated heterocycles. The lowest BCUT2D eigenvalue weighted by Crippen LogP contribution is -1.99. The van der Waals surface area contributed by atoms with Gasteiger partial charge in [0, 0.05) is 17.2 Å². The number of hydrogen-bond donors (Lipinski definition) is 0. The third-order valence-electron chi connectivity index (χ3n) is 4.20. The predicted molar refractivity (Wildman–Crippen MR) is 120 cm³/mol. The Kier molecular flexibility index (Phi) is 6.84. The zero-order valence-corrected chi connectivity index (χ0v) is 18.7. The van der Waals surface area contributed by atoms with Gasteiger partial charge in [-0.15, -0.1) is 11.8 Å². The van der Waals surface area contributed by atoms with E-state index in [4.69, 9.17) is 9.15 Å². The third-order valence-corrected chi connectivity index (χ3v) is 7.20. The number of benzene rings is 2. The molecule has 0 aliphatic heterocycles. The van der Waals surface area contributed by atoms with Crippen LogP contribution in [0, 0.1) is 0 Å². The highest BCUT2D eigenvalue weighted by atomic mass is 79.9. The summed E-state index contributed by atoms with van der Waals surface area (Å²) in [6.45, 7) is 2.56. The van der Waals surface area contributed by atoms with E-state index in [1.165, 1.54) is 17.3 Å². The molecular weight excluding hydrogens is 444 g/mol. The average molecular weight is 465 g/mol. The van der Waals surface area contributed by atoms with Gasteiger partial charge >= 0.3 is 0 Å². The molecule has 0 aliphatic rings. The standard InChI is InChI=1S/C21H21BrO3S2/c1-4-14-5-6-16(12-20(26-2)27(3)23)19(11-14)25-13-15-9-17-7-8-24-21(17)18(22)10-15/h5-12H,4,13H2,1-3H3/b20-12+. The number of aryl methyl sites for hydroxylation is 1. The molecule has 3 rings (SSSR count). The maximum atomic E-state index is 11.9. The molecule has 2 aromatic carbocycles. The van der Waals surface area contributed by atoms with Gasteiger partial charge in [0.15, 0.2) is 0 Å². The Bertz CT molecular complexity index is 1010. The summed E-state index contributed by atoms with van der Waals surface area (Å²) in [5.41, 5.74) is 4.04. The van der Waals surface area contributed by atoms with Gasteiger partial charge in [0.2, 0.25) is 0 Å². The topological polar surface area (TPSA) is 39.4 Å². The van der Waals surface area contributed by atoms with E-state index in [0.29, 0.717) is 6.61 Å². The fraction of sp³-hybridized carbons (Fsp3) is 0.238. The van der Waals surface area contributed by atoms with E-state index in [1.54, 1.807) is 12.5 Å². The van der Waals surface area contributed by atoms with Crippen LogP contribution >= 0.6 is 27.7 Å². The van der Waals surface area contributed by atoms with Gasteiger partial charge in [-0.2, -0.15) is 0 Å². The molecule has 0 radical (unpaired) electrons. The van der Waals surface area contributed by atoms with Gasteiger partial charge in [-0.3, -0.25) is 4.21 Å². The van der Waals surface area contributed by atoms with Gasteiger partial charge in [-0.25, -0.2) is 0 Å². The zero-order chi connectivity index (χ0) is 19.4. The van der Waals surface area contributed by atoms with Crippen LogP contribution in [0.5, 0.6) is 5.75 Å². The summed E-state index contributed by atoms with van der Waals surface area (Å²) in [6, 6.07) is 12.2. The number of hydrogen-bond acceptors (Lipinski definition) is 4. The van der Waals surface area contributed by atoms with E-state index < -0.39 is 10.8 Å². The second-order valence-electron chi connectivity index (χ2n) is 6.05. The van der Waals surface area contributed by atoms with Crippen LogP contribution in [0.4, 0.5) is 0 Å². The molecule has 6 heteroatoms. The van der Waals surface area contributed by atoms with Gasteiger partial charge < -0.3 is 9.15 Å². The van der Waals surface area contributed by atoms with Crippen molar-refractivity contribution < 1.29 is 13.4 Å². The van der Waals surface area contributed by atoms with Crippen LogP contribution in [0.3, 0.4) is 0 Å². The second kappa shape index (κ2) is 9.13. The van der Waals surface area contributed by atoms with Crippen LogP contribution in [0.25, 0.3) is 17.0 Å². The van der Waals surface area contributed by atoms with Crippen molar-refractivity contribution in [1.29, 1.82) is 0 Å². The van der Waals surface area contributed by atoms with Gasteiger partial charge in [0.1, 0.15) is 17.9 Å². The maximum Gasteiger partial charge on any atom is 0.148 e. The van der Waals surface area contributed by atoms with E-state index >= 15 is 0 Å². The lowest BCUT2D eigenvalue weighted by Gasteiger charge is -2.12. The quantitative estimate of drug-likeness (QED) is 0.406. The molecule has 0 saturated carbocycles. The Morgan fingerprint density at radius 1 is 1.26 bits per heavy atom. The van der Waals surface area contributed by atoms with Gasteiger partial charge in [-0.1, -0.05) is 19.1 Å². The monoisotopic (exact) mass is 464 g/mol. The SMILES string of the molecule is CCc1ccc(/C=C(\SC)S(C)=O)c(OCc2cc(Br)c3occc3c2)c1. The first kappa shape index (κ1) is 20.2. The van der Waals surface area contributed by atoms with Crippen molar-refractivity contribution in [2.45, 2.75) is 20.0 Å².